The Morgan fingerprint density at radius 3 is 2.48 bits per heavy atom. The van der Waals surface area contributed by atoms with E-state index in [0.29, 0.717) is 0 Å². The quantitative estimate of drug-likeness (QED) is 0.482. The topological polar surface area (TPSA) is 52.1 Å². The third kappa shape index (κ3) is 6.12. The molecule has 0 bridgehead atoms. The van der Waals surface area contributed by atoms with Crippen molar-refractivity contribution in [2.24, 2.45) is 10.9 Å². The van der Waals surface area contributed by atoms with Crippen molar-refractivity contribution < 1.29 is 4.74 Å². The van der Waals surface area contributed by atoms with Crippen molar-refractivity contribution in [2.75, 3.05) is 59.5 Å². The summed E-state index contributed by atoms with van der Waals surface area (Å²) < 4.78 is 5.47. The molecule has 25 heavy (non-hydrogen) atoms. The van der Waals surface area contributed by atoms with Crippen LogP contribution < -0.4 is 10.6 Å². The molecule has 6 heteroatoms. The minimum atomic E-state index is 0.105. The lowest BCUT2D eigenvalue weighted by molar-refractivity contribution is -0.00834. The average molecular weight is 352 g/mol. The summed E-state index contributed by atoms with van der Waals surface area (Å²) in [6, 6.07) is 0.859. The van der Waals surface area contributed by atoms with Gasteiger partial charge in [0, 0.05) is 57.9 Å². The second-order valence-corrected chi connectivity index (χ2v) is 8.43. The first-order valence-electron chi connectivity index (χ1n) is 10.1. The van der Waals surface area contributed by atoms with Gasteiger partial charge in [0.15, 0.2) is 5.96 Å². The largest absolute Gasteiger partial charge is 0.379 e. The van der Waals surface area contributed by atoms with Crippen molar-refractivity contribution >= 4 is 5.96 Å². The van der Waals surface area contributed by atoms with Crippen LogP contribution in [0.4, 0.5) is 0 Å². The summed E-state index contributed by atoms with van der Waals surface area (Å²) in [5, 5.41) is 7.02. The Balaban J connectivity index is 1.36. The van der Waals surface area contributed by atoms with Crippen molar-refractivity contribution in [1.29, 1.82) is 0 Å². The van der Waals surface area contributed by atoms with Gasteiger partial charge in [0.25, 0.3) is 0 Å². The summed E-state index contributed by atoms with van der Waals surface area (Å²) >= 11 is 0. The van der Waals surface area contributed by atoms with Gasteiger partial charge in [-0.3, -0.25) is 14.8 Å². The third-order valence-electron chi connectivity index (χ3n) is 5.72. The molecule has 0 aromatic rings. The van der Waals surface area contributed by atoms with Gasteiger partial charge >= 0.3 is 0 Å². The van der Waals surface area contributed by atoms with Crippen molar-refractivity contribution in [2.45, 2.75) is 51.1 Å². The molecule has 1 aliphatic heterocycles. The monoisotopic (exact) mass is 351 g/mol. The molecule has 1 saturated heterocycles. The lowest BCUT2D eigenvalue weighted by Crippen LogP contribution is -2.56. The van der Waals surface area contributed by atoms with E-state index >= 15 is 0 Å². The molecule has 0 aromatic carbocycles. The van der Waals surface area contributed by atoms with Crippen LogP contribution in [-0.4, -0.2) is 86.9 Å². The summed E-state index contributed by atoms with van der Waals surface area (Å²) in [6.45, 7) is 12.6. The number of aliphatic imine (C=N–C) groups is 1. The second-order valence-electron chi connectivity index (χ2n) is 8.43. The van der Waals surface area contributed by atoms with Crippen LogP contribution >= 0.6 is 0 Å². The van der Waals surface area contributed by atoms with Gasteiger partial charge in [-0.05, 0) is 45.4 Å². The Labute approximate surface area is 153 Å². The Hall–Kier alpha value is -0.850. The molecule has 0 amide bonds. The van der Waals surface area contributed by atoms with Crippen LogP contribution in [0, 0.1) is 5.92 Å². The van der Waals surface area contributed by atoms with Crippen molar-refractivity contribution in [1.82, 2.24) is 20.4 Å². The van der Waals surface area contributed by atoms with Gasteiger partial charge in [-0.25, -0.2) is 0 Å². The average Bonchev–Trinajstić information content (AvgIpc) is 3.51. The molecule has 2 saturated carbocycles. The molecule has 3 aliphatic rings. The molecule has 0 atom stereocenters. The predicted octanol–water partition coefficient (Wildman–Crippen LogP) is 1.14. The molecular weight excluding hydrogens is 314 g/mol. The molecule has 6 nitrogen and oxygen atoms in total. The molecule has 1 heterocycles. The summed E-state index contributed by atoms with van der Waals surface area (Å²) in [5.74, 6) is 1.90. The maximum Gasteiger partial charge on any atom is 0.191 e. The Bertz CT molecular complexity index is 439. The van der Waals surface area contributed by atoms with Crippen LogP contribution in [0.25, 0.3) is 0 Å². The number of morpholine rings is 1. The highest BCUT2D eigenvalue weighted by atomic mass is 16.5. The molecule has 144 valence electrons. The van der Waals surface area contributed by atoms with Crippen LogP contribution in [0.3, 0.4) is 0 Å². The fourth-order valence-corrected chi connectivity index (χ4v) is 3.61. The molecule has 0 radical (unpaired) electrons. The molecule has 2 aliphatic carbocycles. The molecule has 0 unspecified atom stereocenters. The van der Waals surface area contributed by atoms with E-state index in [2.05, 4.69) is 39.3 Å². The molecule has 2 N–H and O–H groups in total. The van der Waals surface area contributed by atoms with Gasteiger partial charge in [0.05, 0.1) is 13.2 Å². The fraction of sp³-hybridized carbons (Fsp3) is 0.947. The zero-order chi connectivity index (χ0) is 17.7. The van der Waals surface area contributed by atoms with Crippen LogP contribution in [-0.2, 0) is 4.74 Å². The zero-order valence-corrected chi connectivity index (χ0v) is 16.4. The molecule has 0 spiro atoms. The van der Waals surface area contributed by atoms with E-state index in [9.17, 15) is 0 Å². The van der Waals surface area contributed by atoms with Gasteiger partial charge in [0.1, 0.15) is 0 Å². The molecule has 3 fully saturated rings. The molecular formula is C19H37N5O. The van der Waals surface area contributed by atoms with Crippen LogP contribution in [0.1, 0.15) is 39.5 Å². The smallest absolute Gasteiger partial charge is 0.191 e. The first-order chi connectivity index (χ1) is 12.1. The van der Waals surface area contributed by atoms with Gasteiger partial charge in [-0.2, -0.15) is 0 Å². The van der Waals surface area contributed by atoms with Gasteiger partial charge in [0.2, 0.25) is 0 Å². The van der Waals surface area contributed by atoms with E-state index in [-0.39, 0.29) is 5.54 Å². The maximum atomic E-state index is 5.47. The highest BCUT2D eigenvalue weighted by Gasteiger charge is 2.33. The van der Waals surface area contributed by atoms with E-state index in [1.54, 1.807) is 0 Å². The highest BCUT2D eigenvalue weighted by Crippen LogP contribution is 2.34. The van der Waals surface area contributed by atoms with Crippen molar-refractivity contribution in [3.05, 3.63) is 0 Å². The number of guanidine groups is 1. The standard InChI is InChI=1S/C19H37N5O/c1-19(2,24-10-12-25-13-11-24)15-22-18(20-3)21-8-9-23(17-6-7-17)14-16-4-5-16/h16-17H,4-15H2,1-3H3,(H2,20,21,22). The maximum absolute atomic E-state index is 5.47. The van der Waals surface area contributed by atoms with E-state index in [4.69, 9.17) is 4.74 Å². The number of hydrogen-bond donors (Lipinski definition) is 2. The SMILES string of the molecule is CN=C(NCCN(CC1CC1)C1CC1)NCC(C)(C)N1CCOCC1. The van der Waals surface area contributed by atoms with E-state index < -0.39 is 0 Å². The lowest BCUT2D eigenvalue weighted by atomic mass is 10.0. The highest BCUT2D eigenvalue weighted by molar-refractivity contribution is 5.79. The lowest BCUT2D eigenvalue weighted by Gasteiger charge is -2.41. The normalized spacial score (nSPS) is 23.1. The second kappa shape index (κ2) is 8.69. The van der Waals surface area contributed by atoms with Crippen molar-refractivity contribution in [3.8, 4) is 0 Å². The third-order valence-corrected chi connectivity index (χ3v) is 5.72. The Kier molecular flexibility index (Phi) is 6.58. The number of hydrogen-bond acceptors (Lipinski definition) is 4. The molecule has 3 rings (SSSR count). The number of nitrogens with zero attached hydrogens (tertiary/aromatic N) is 3. The first kappa shape index (κ1) is 18.9. The number of rotatable bonds is 9. The minimum Gasteiger partial charge on any atom is -0.379 e. The number of nitrogens with one attached hydrogen (secondary N) is 2. The van der Waals surface area contributed by atoms with E-state index in [1.165, 1.54) is 32.2 Å². The number of ether oxygens (including phenoxy) is 1. The van der Waals surface area contributed by atoms with Crippen LogP contribution in [0.15, 0.2) is 4.99 Å². The van der Waals surface area contributed by atoms with Gasteiger partial charge in [-0.1, -0.05) is 0 Å². The summed E-state index contributed by atoms with van der Waals surface area (Å²) in [4.78, 5) is 9.59. The van der Waals surface area contributed by atoms with E-state index in [0.717, 1.165) is 63.9 Å². The Morgan fingerprint density at radius 2 is 1.88 bits per heavy atom. The van der Waals surface area contributed by atoms with Gasteiger partial charge < -0.3 is 15.4 Å². The summed E-state index contributed by atoms with van der Waals surface area (Å²) in [5.41, 5.74) is 0.105. The van der Waals surface area contributed by atoms with Crippen LogP contribution in [0.2, 0.25) is 0 Å². The molecule has 0 aromatic heterocycles. The van der Waals surface area contributed by atoms with Crippen molar-refractivity contribution in [3.63, 3.8) is 0 Å². The zero-order valence-electron chi connectivity index (χ0n) is 16.4. The summed E-state index contributed by atoms with van der Waals surface area (Å²) in [7, 11) is 1.86. The predicted molar refractivity (Wildman–Crippen MR) is 103 cm³/mol. The Morgan fingerprint density at radius 1 is 1.16 bits per heavy atom. The summed E-state index contributed by atoms with van der Waals surface area (Å²) in [6.07, 6.45) is 5.67. The van der Waals surface area contributed by atoms with E-state index in [1.807, 2.05) is 7.05 Å². The fourth-order valence-electron chi connectivity index (χ4n) is 3.61. The first-order valence-corrected chi connectivity index (χ1v) is 10.1. The van der Waals surface area contributed by atoms with Gasteiger partial charge in [-0.15, -0.1) is 0 Å². The van der Waals surface area contributed by atoms with Crippen LogP contribution in [0.5, 0.6) is 0 Å². The minimum absolute atomic E-state index is 0.105.